The van der Waals surface area contributed by atoms with E-state index in [2.05, 4.69) is 10.3 Å². The highest BCUT2D eigenvalue weighted by Gasteiger charge is 2.30. The lowest BCUT2D eigenvalue weighted by atomic mass is 9.73. The molecule has 0 spiro atoms. The first-order chi connectivity index (χ1) is 14.9. The van der Waals surface area contributed by atoms with Crippen molar-refractivity contribution in [3.05, 3.63) is 76.7 Å². The topological polar surface area (TPSA) is 42.0 Å². The molecule has 0 radical (unpaired) electrons. The van der Waals surface area contributed by atoms with Gasteiger partial charge in [-0.15, -0.1) is 0 Å². The van der Waals surface area contributed by atoms with E-state index in [1.165, 1.54) is 11.6 Å². The van der Waals surface area contributed by atoms with E-state index in [9.17, 15) is 9.18 Å². The Morgan fingerprint density at radius 3 is 2.48 bits per heavy atom. The third-order valence-corrected chi connectivity index (χ3v) is 7.05. The standard InChI is InChI=1S/C26H28ClFN2O/c1-16(26(31)30-17(2)19-7-9-21(27)10-8-19)18-3-5-20(6-4-18)23-13-14-29-25-12-11-22(28)15-24(23)25/h7-18,20H,3-6H2,1-2H3,(H,30,31)/t16?,17-,18?,20?/m0/s1. The van der Waals surface area contributed by atoms with Crippen LogP contribution in [0.15, 0.2) is 54.7 Å². The van der Waals surface area contributed by atoms with Crippen LogP contribution in [0.25, 0.3) is 10.9 Å². The van der Waals surface area contributed by atoms with Crippen molar-refractivity contribution in [1.82, 2.24) is 10.3 Å². The lowest BCUT2D eigenvalue weighted by molar-refractivity contribution is -0.127. The van der Waals surface area contributed by atoms with Gasteiger partial charge in [-0.05, 0) is 92.0 Å². The molecule has 3 nitrogen and oxygen atoms in total. The van der Waals surface area contributed by atoms with E-state index in [0.717, 1.165) is 42.1 Å². The second-order valence-electron chi connectivity index (χ2n) is 8.74. The Morgan fingerprint density at radius 2 is 1.77 bits per heavy atom. The van der Waals surface area contributed by atoms with Crippen molar-refractivity contribution in [3.8, 4) is 0 Å². The fourth-order valence-electron chi connectivity index (χ4n) is 4.82. The van der Waals surface area contributed by atoms with Crippen molar-refractivity contribution in [3.63, 3.8) is 0 Å². The molecule has 1 aromatic heterocycles. The van der Waals surface area contributed by atoms with Crippen LogP contribution in [-0.4, -0.2) is 10.9 Å². The highest BCUT2D eigenvalue weighted by atomic mass is 35.5. The Labute approximate surface area is 188 Å². The molecule has 1 N–H and O–H groups in total. The lowest BCUT2D eigenvalue weighted by Gasteiger charge is -2.33. The largest absolute Gasteiger partial charge is 0.349 e. The normalized spacial score (nSPS) is 20.9. The maximum Gasteiger partial charge on any atom is 0.223 e. The summed E-state index contributed by atoms with van der Waals surface area (Å²) in [6, 6.07) is 14.4. The Kier molecular flexibility index (Phi) is 6.57. The number of amides is 1. The molecule has 2 atom stereocenters. The van der Waals surface area contributed by atoms with Crippen molar-refractivity contribution in [2.24, 2.45) is 11.8 Å². The quantitative estimate of drug-likeness (QED) is 0.475. The second kappa shape index (κ2) is 9.35. The predicted molar refractivity (Wildman–Crippen MR) is 124 cm³/mol. The molecular weight excluding hydrogens is 411 g/mol. The van der Waals surface area contributed by atoms with Gasteiger partial charge in [0.1, 0.15) is 5.82 Å². The number of benzene rings is 2. The molecule has 31 heavy (non-hydrogen) atoms. The summed E-state index contributed by atoms with van der Waals surface area (Å²) in [5.74, 6) is 0.575. The van der Waals surface area contributed by atoms with Crippen molar-refractivity contribution in [2.75, 3.05) is 0 Å². The molecule has 1 unspecified atom stereocenters. The molecular formula is C26H28ClFN2O. The van der Waals surface area contributed by atoms with Gasteiger partial charge in [-0.1, -0.05) is 30.7 Å². The number of aromatic nitrogens is 1. The van der Waals surface area contributed by atoms with Gasteiger partial charge in [-0.25, -0.2) is 4.39 Å². The SMILES string of the molecule is CC(C(=O)N[C@@H](C)c1ccc(Cl)cc1)C1CCC(c2ccnc3ccc(F)cc23)CC1. The van der Waals surface area contributed by atoms with Crippen molar-refractivity contribution < 1.29 is 9.18 Å². The summed E-state index contributed by atoms with van der Waals surface area (Å²) >= 11 is 5.96. The lowest BCUT2D eigenvalue weighted by Crippen LogP contribution is -2.36. The van der Waals surface area contributed by atoms with Gasteiger partial charge < -0.3 is 5.32 Å². The number of nitrogens with one attached hydrogen (secondary N) is 1. The van der Waals surface area contributed by atoms with E-state index in [1.807, 2.05) is 50.4 Å². The molecule has 3 aromatic rings. The molecule has 2 aromatic carbocycles. The average Bonchev–Trinajstić information content (AvgIpc) is 2.78. The van der Waals surface area contributed by atoms with Gasteiger partial charge in [0.05, 0.1) is 11.6 Å². The number of fused-ring (bicyclic) bond motifs is 1. The van der Waals surface area contributed by atoms with Gasteiger partial charge >= 0.3 is 0 Å². The summed E-state index contributed by atoms with van der Waals surface area (Å²) in [6.07, 6.45) is 5.81. The van der Waals surface area contributed by atoms with E-state index < -0.39 is 0 Å². The Balaban J connectivity index is 1.38. The van der Waals surface area contributed by atoms with Crippen molar-refractivity contribution >= 4 is 28.4 Å². The molecule has 1 aliphatic carbocycles. The maximum absolute atomic E-state index is 13.8. The second-order valence-corrected chi connectivity index (χ2v) is 9.18. The molecule has 0 aliphatic heterocycles. The third kappa shape index (κ3) is 4.90. The minimum atomic E-state index is -0.226. The van der Waals surface area contributed by atoms with Crippen molar-refractivity contribution in [2.45, 2.75) is 51.5 Å². The van der Waals surface area contributed by atoms with Gasteiger partial charge in [-0.2, -0.15) is 0 Å². The van der Waals surface area contributed by atoms with Crippen LogP contribution in [0.1, 0.15) is 62.6 Å². The van der Waals surface area contributed by atoms with Crippen LogP contribution in [0.3, 0.4) is 0 Å². The summed E-state index contributed by atoms with van der Waals surface area (Å²) in [5, 5.41) is 4.76. The Bertz CT molecular complexity index is 1060. The molecule has 1 saturated carbocycles. The zero-order valence-electron chi connectivity index (χ0n) is 17.9. The first-order valence-corrected chi connectivity index (χ1v) is 11.4. The van der Waals surface area contributed by atoms with Crippen LogP contribution in [-0.2, 0) is 4.79 Å². The molecule has 162 valence electrons. The first-order valence-electron chi connectivity index (χ1n) is 11.0. The summed E-state index contributed by atoms with van der Waals surface area (Å²) in [6.45, 7) is 4.03. The number of rotatable bonds is 5. The van der Waals surface area contributed by atoms with Crippen LogP contribution in [0.5, 0.6) is 0 Å². The van der Waals surface area contributed by atoms with Gasteiger partial charge in [0.25, 0.3) is 0 Å². The van der Waals surface area contributed by atoms with Crippen LogP contribution in [0.2, 0.25) is 5.02 Å². The minimum absolute atomic E-state index is 0.0395. The number of carbonyl (C=O) groups is 1. The van der Waals surface area contributed by atoms with Gasteiger partial charge in [0, 0.05) is 22.5 Å². The molecule has 1 amide bonds. The minimum Gasteiger partial charge on any atom is -0.349 e. The number of nitrogens with zero attached hydrogens (tertiary/aromatic N) is 1. The Morgan fingerprint density at radius 1 is 1.06 bits per heavy atom. The molecule has 5 heteroatoms. The molecule has 0 saturated heterocycles. The van der Waals surface area contributed by atoms with E-state index in [4.69, 9.17) is 11.6 Å². The zero-order valence-corrected chi connectivity index (χ0v) is 18.7. The smallest absolute Gasteiger partial charge is 0.223 e. The van der Waals surface area contributed by atoms with E-state index in [0.29, 0.717) is 16.9 Å². The van der Waals surface area contributed by atoms with Gasteiger partial charge in [0.15, 0.2) is 0 Å². The molecule has 1 aliphatic rings. The van der Waals surface area contributed by atoms with Crippen LogP contribution < -0.4 is 5.32 Å². The Hall–Kier alpha value is -2.46. The predicted octanol–water partition coefficient (Wildman–Crippen LogP) is 6.81. The summed E-state index contributed by atoms with van der Waals surface area (Å²) in [7, 11) is 0. The summed E-state index contributed by atoms with van der Waals surface area (Å²) in [4.78, 5) is 17.2. The first kappa shape index (κ1) is 21.8. The van der Waals surface area contributed by atoms with Crippen LogP contribution in [0, 0.1) is 17.7 Å². The van der Waals surface area contributed by atoms with Crippen LogP contribution in [0.4, 0.5) is 4.39 Å². The third-order valence-electron chi connectivity index (χ3n) is 6.80. The molecule has 4 rings (SSSR count). The van der Waals surface area contributed by atoms with Gasteiger partial charge in [0.2, 0.25) is 5.91 Å². The summed E-state index contributed by atoms with van der Waals surface area (Å²) < 4.78 is 13.8. The highest BCUT2D eigenvalue weighted by Crippen LogP contribution is 2.40. The van der Waals surface area contributed by atoms with Crippen LogP contribution >= 0.6 is 11.6 Å². The molecule has 0 bridgehead atoms. The fourth-order valence-corrected chi connectivity index (χ4v) is 4.95. The average molecular weight is 439 g/mol. The van der Waals surface area contributed by atoms with E-state index in [1.54, 1.807) is 12.1 Å². The number of pyridine rings is 1. The van der Waals surface area contributed by atoms with Crippen molar-refractivity contribution in [1.29, 1.82) is 0 Å². The fraction of sp³-hybridized carbons (Fsp3) is 0.385. The number of hydrogen-bond donors (Lipinski definition) is 1. The zero-order chi connectivity index (χ0) is 22.0. The monoisotopic (exact) mass is 438 g/mol. The van der Waals surface area contributed by atoms with E-state index in [-0.39, 0.29) is 23.7 Å². The molecule has 1 fully saturated rings. The number of hydrogen-bond acceptors (Lipinski definition) is 2. The maximum atomic E-state index is 13.8. The van der Waals surface area contributed by atoms with Gasteiger partial charge in [-0.3, -0.25) is 9.78 Å². The number of halogens is 2. The highest BCUT2D eigenvalue weighted by molar-refractivity contribution is 6.30. The number of carbonyl (C=O) groups excluding carboxylic acids is 1. The summed E-state index contributed by atoms with van der Waals surface area (Å²) in [5.41, 5.74) is 3.06. The molecule has 1 heterocycles. The van der Waals surface area contributed by atoms with E-state index >= 15 is 0 Å².